The second kappa shape index (κ2) is 5.69. The fraction of sp³-hybridized carbons (Fsp3) is 0.250. The average molecular weight is 242 g/mol. The van der Waals surface area contributed by atoms with Crippen molar-refractivity contribution in [3.8, 4) is 5.75 Å². The molecule has 0 aliphatic rings. The van der Waals surface area contributed by atoms with Crippen molar-refractivity contribution < 1.29 is 9.84 Å². The number of aryl methyl sites for hydroxylation is 2. The maximum Gasteiger partial charge on any atom is 0.120 e. The van der Waals surface area contributed by atoms with Crippen LogP contribution in [0.2, 0.25) is 0 Å². The van der Waals surface area contributed by atoms with Gasteiger partial charge in [0.05, 0.1) is 6.61 Å². The largest absolute Gasteiger partial charge is 0.489 e. The van der Waals surface area contributed by atoms with Crippen LogP contribution in [0.4, 0.5) is 0 Å². The third-order valence-corrected chi connectivity index (χ3v) is 3.11. The van der Waals surface area contributed by atoms with Crippen molar-refractivity contribution in [3.05, 3.63) is 64.7 Å². The zero-order valence-electron chi connectivity index (χ0n) is 10.8. The molecule has 0 atom stereocenters. The first kappa shape index (κ1) is 12.7. The van der Waals surface area contributed by atoms with Crippen molar-refractivity contribution in [2.24, 2.45) is 0 Å². The van der Waals surface area contributed by atoms with Crippen molar-refractivity contribution in [1.82, 2.24) is 0 Å². The predicted molar refractivity (Wildman–Crippen MR) is 72.6 cm³/mol. The highest BCUT2D eigenvalue weighted by Crippen LogP contribution is 2.18. The molecule has 2 nitrogen and oxygen atoms in total. The van der Waals surface area contributed by atoms with Gasteiger partial charge in [0.2, 0.25) is 0 Å². The number of aliphatic hydroxyl groups is 1. The van der Waals surface area contributed by atoms with Crippen LogP contribution in [-0.2, 0) is 13.2 Å². The Hall–Kier alpha value is -1.80. The second-order valence-corrected chi connectivity index (χ2v) is 4.46. The molecule has 0 spiro atoms. The predicted octanol–water partition coefficient (Wildman–Crippen LogP) is 3.37. The number of hydrogen-bond donors (Lipinski definition) is 1. The van der Waals surface area contributed by atoms with Crippen molar-refractivity contribution in [1.29, 1.82) is 0 Å². The fourth-order valence-electron chi connectivity index (χ4n) is 1.97. The Balaban J connectivity index is 2.11. The molecule has 18 heavy (non-hydrogen) atoms. The first-order valence-corrected chi connectivity index (χ1v) is 6.08. The number of ether oxygens (including phenoxy) is 1. The third kappa shape index (κ3) is 2.90. The molecule has 0 radical (unpaired) electrons. The molecule has 94 valence electrons. The van der Waals surface area contributed by atoms with Gasteiger partial charge in [-0.15, -0.1) is 0 Å². The summed E-state index contributed by atoms with van der Waals surface area (Å²) < 4.78 is 5.79. The Labute approximate surface area is 108 Å². The van der Waals surface area contributed by atoms with Crippen LogP contribution in [0.5, 0.6) is 5.75 Å². The van der Waals surface area contributed by atoms with Gasteiger partial charge in [-0.3, -0.25) is 0 Å². The summed E-state index contributed by atoms with van der Waals surface area (Å²) in [6, 6.07) is 13.8. The van der Waals surface area contributed by atoms with Gasteiger partial charge in [-0.1, -0.05) is 30.3 Å². The summed E-state index contributed by atoms with van der Waals surface area (Å²) >= 11 is 0. The van der Waals surface area contributed by atoms with E-state index in [1.165, 1.54) is 16.7 Å². The summed E-state index contributed by atoms with van der Waals surface area (Å²) in [7, 11) is 0. The Morgan fingerprint density at radius 1 is 1.00 bits per heavy atom. The average Bonchev–Trinajstić information content (AvgIpc) is 2.38. The summed E-state index contributed by atoms with van der Waals surface area (Å²) in [4.78, 5) is 0. The quantitative estimate of drug-likeness (QED) is 0.890. The molecule has 0 saturated carbocycles. The highest BCUT2D eigenvalue weighted by Gasteiger charge is 2.03. The molecule has 2 aromatic rings. The molecule has 0 aliphatic carbocycles. The van der Waals surface area contributed by atoms with Crippen LogP contribution in [0, 0.1) is 13.8 Å². The zero-order chi connectivity index (χ0) is 13.0. The molecular weight excluding hydrogens is 224 g/mol. The lowest BCUT2D eigenvalue weighted by atomic mass is 10.0. The van der Waals surface area contributed by atoms with E-state index in [2.05, 4.69) is 32.0 Å². The van der Waals surface area contributed by atoms with Crippen LogP contribution in [0.15, 0.2) is 42.5 Å². The van der Waals surface area contributed by atoms with Crippen LogP contribution >= 0.6 is 0 Å². The van der Waals surface area contributed by atoms with E-state index in [1.54, 1.807) is 0 Å². The van der Waals surface area contributed by atoms with E-state index < -0.39 is 0 Å². The van der Waals surface area contributed by atoms with Gasteiger partial charge in [-0.2, -0.15) is 0 Å². The zero-order valence-corrected chi connectivity index (χ0v) is 10.8. The van der Waals surface area contributed by atoms with E-state index in [9.17, 15) is 0 Å². The lowest BCUT2D eigenvalue weighted by Crippen LogP contribution is -2.00. The maximum atomic E-state index is 9.08. The van der Waals surface area contributed by atoms with Crippen molar-refractivity contribution in [2.75, 3.05) is 0 Å². The maximum absolute atomic E-state index is 9.08. The summed E-state index contributed by atoms with van der Waals surface area (Å²) in [5.41, 5.74) is 4.59. The van der Waals surface area contributed by atoms with E-state index in [-0.39, 0.29) is 6.61 Å². The van der Waals surface area contributed by atoms with E-state index in [1.807, 2.05) is 24.3 Å². The molecule has 0 unspecified atom stereocenters. The van der Waals surface area contributed by atoms with Gasteiger partial charge in [0.15, 0.2) is 0 Å². The number of benzene rings is 2. The minimum Gasteiger partial charge on any atom is -0.489 e. The highest BCUT2D eigenvalue weighted by molar-refractivity contribution is 5.34. The van der Waals surface area contributed by atoms with Gasteiger partial charge in [0.1, 0.15) is 12.4 Å². The topological polar surface area (TPSA) is 29.5 Å². The minimum absolute atomic E-state index is 0.0423. The highest BCUT2D eigenvalue weighted by atomic mass is 16.5. The lowest BCUT2D eigenvalue weighted by Gasteiger charge is -2.12. The molecule has 2 heteroatoms. The van der Waals surface area contributed by atoms with E-state index in [0.29, 0.717) is 6.61 Å². The molecule has 0 aromatic heterocycles. The monoisotopic (exact) mass is 242 g/mol. The molecule has 0 saturated heterocycles. The Morgan fingerprint density at radius 2 is 1.67 bits per heavy atom. The molecule has 0 heterocycles. The summed E-state index contributed by atoms with van der Waals surface area (Å²) in [6.07, 6.45) is 0. The van der Waals surface area contributed by atoms with Crippen LogP contribution in [0.3, 0.4) is 0 Å². The number of aliphatic hydroxyl groups excluding tert-OH is 1. The smallest absolute Gasteiger partial charge is 0.120 e. The molecule has 2 rings (SSSR count). The molecular formula is C16H18O2. The molecule has 2 aromatic carbocycles. The first-order chi connectivity index (χ1) is 8.70. The summed E-state index contributed by atoms with van der Waals surface area (Å²) in [5, 5.41) is 9.08. The summed E-state index contributed by atoms with van der Waals surface area (Å²) in [5.74, 6) is 0.796. The van der Waals surface area contributed by atoms with Gasteiger partial charge in [-0.25, -0.2) is 0 Å². The fourth-order valence-corrected chi connectivity index (χ4v) is 1.97. The van der Waals surface area contributed by atoms with Gasteiger partial charge < -0.3 is 9.84 Å². The molecule has 0 aliphatic heterocycles. The first-order valence-electron chi connectivity index (χ1n) is 6.08. The van der Waals surface area contributed by atoms with Gasteiger partial charge in [0.25, 0.3) is 0 Å². The molecule has 1 N–H and O–H groups in total. The normalized spacial score (nSPS) is 10.4. The lowest BCUT2D eigenvalue weighted by molar-refractivity contribution is 0.278. The molecule has 0 fully saturated rings. The van der Waals surface area contributed by atoms with E-state index in [4.69, 9.17) is 9.84 Å². The Bertz CT molecular complexity index is 512. The van der Waals surface area contributed by atoms with Crippen molar-refractivity contribution in [2.45, 2.75) is 27.1 Å². The second-order valence-electron chi connectivity index (χ2n) is 4.46. The third-order valence-electron chi connectivity index (χ3n) is 3.11. The van der Waals surface area contributed by atoms with Crippen molar-refractivity contribution >= 4 is 0 Å². The van der Waals surface area contributed by atoms with Crippen LogP contribution in [0.25, 0.3) is 0 Å². The Kier molecular flexibility index (Phi) is 4.00. The van der Waals surface area contributed by atoms with Crippen molar-refractivity contribution in [3.63, 3.8) is 0 Å². The summed E-state index contributed by atoms with van der Waals surface area (Å²) in [6.45, 7) is 4.79. The molecule has 0 bridgehead atoms. The van der Waals surface area contributed by atoms with Gasteiger partial charge >= 0.3 is 0 Å². The SMILES string of the molecule is Cc1cccc(C)c1COc1cccc(CO)c1. The molecule has 0 amide bonds. The standard InChI is InChI=1S/C16H18O2/c1-12-5-3-6-13(2)16(12)11-18-15-8-4-7-14(9-15)10-17/h3-9,17H,10-11H2,1-2H3. The van der Waals surface area contributed by atoms with Gasteiger partial charge in [0, 0.05) is 0 Å². The van der Waals surface area contributed by atoms with Gasteiger partial charge in [-0.05, 0) is 48.2 Å². The minimum atomic E-state index is 0.0423. The number of rotatable bonds is 4. The van der Waals surface area contributed by atoms with E-state index in [0.717, 1.165) is 11.3 Å². The van der Waals surface area contributed by atoms with Crippen LogP contribution in [0.1, 0.15) is 22.3 Å². The Morgan fingerprint density at radius 3 is 2.33 bits per heavy atom. The van der Waals surface area contributed by atoms with Crippen LogP contribution in [-0.4, -0.2) is 5.11 Å². The number of hydrogen-bond acceptors (Lipinski definition) is 2. The van der Waals surface area contributed by atoms with Crippen LogP contribution < -0.4 is 4.74 Å². The van der Waals surface area contributed by atoms with E-state index >= 15 is 0 Å².